The van der Waals surface area contributed by atoms with Gasteiger partial charge in [-0.05, 0) is 52.2 Å². The van der Waals surface area contributed by atoms with Crippen LogP contribution < -0.4 is 5.46 Å². The van der Waals surface area contributed by atoms with Crippen LogP contribution in [0.1, 0.15) is 40.3 Å². The minimum absolute atomic E-state index is 0.0413. The fraction of sp³-hybridized carbons (Fsp3) is 0.571. The number of carbonyl (C=O) groups excluding carboxylic acids is 1. The van der Waals surface area contributed by atoms with Crippen LogP contribution in [0, 0.1) is 0 Å². The van der Waals surface area contributed by atoms with E-state index in [0.717, 1.165) is 5.46 Å². The number of ketones is 1. The van der Waals surface area contributed by atoms with E-state index in [1.165, 1.54) is 6.92 Å². The zero-order valence-corrected chi connectivity index (χ0v) is 13.2. The highest BCUT2D eigenvalue weighted by molar-refractivity contribution is 6.62. The van der Waals surface area contributed by atoms with Crippen LogP contribution >= 0.6 is 11.6 Å². The monoisotopic (exact) mass is 295 g/mol. The molecule has 0 spiro atoms. The first-order valence-corrected chi connectivity index (χ1v) is 7.00. The number of halogens is 1. The lowest BCUT2D eigenvalue weighted by atomic mass is 9.79. The van der Waals surface area contributed by atoms with Gasteiger partial charge >= 0.3 is 7.12 Å². The first-order valence-electron chi connectivity index (χ1n) is 6.62. The molecule has 2 rings (SSSR count). The van der Waals surface area contributed by atoms with Gasteiger partial charge in [-0.1, -0.05) is 11.6 Å². The molecule has 6 heteroatoms. The summed E-state index contributed by atoms with van der Waals surface area (Å²) in [6.45, 7) is 9.49. The number of Topliss-reactive ketones (excluding diaryl/α,β-unsaturated/α-hetero) is 1. The lowest BCUT2D eigenvalue weighted by Gasteiger charge is -2.32. The first-order chi connectivity index (χ1) is 9.10. The molecular weight excluding hydrogens is 276 g/mol. The van der Waals surface area contributed by atoms with Crippen LogP contribution in [0.3, 0.4) is 0 Å². The summed E-state index contributed by atoms with van der Waals surface area (Å²) < 4.78 is 11.9. The maximum Gasteiger partial charge on any atom is 0.495 e. The molecule has 0 aliphatic carbocycles. The van der Waals surface area contributed by atoms with Gasteiger partial charge in [0, 0.05) is 12.1 Å². The van der Waals surface area contributed by atoms with Crippen molar-refractivity contribution in [2.75, 3.05) is 0 Å². The Hall–Kier alpha value is -0.905. The van der Waals surface area contributed by atoms with Crippen molar-refractivity contribution in [3.63, 3.8) is 0 Å². The molecule has 20 heavy (non-hydrogen) atoms. The van der Waals surface area contributed by atoms with E-state index in [9.17, 15) is 4.79 Å². The van der Waals surface area contributed by atoms with Gasteiger partial charge in [0.15, 0.2) is 0 Å². The lowest BCUT2D eigenvalue weighted by Crippen LogP contribution is -2.41. The van der Waals surface area contributed by atoms with Crippen LogP contribution in [0.2, 0.25) is 5.15 Å². The predicted octanol–water partition coefficient (Wildman–Crippen LogP) is 2.17. The van der Waals surface area contributed by atoms with Crippen molar-refractivity contribution < 1.29 is 14.1 Å². The zero-order valence-electron chi connectivity index (χ0n) is 12.5. The summed E-state index contributed by atoms with van der Waals surface area (Å²) in [5.41, 5.74) is 0.608. The van der Waals surface area contributed by atoms with E-state index in [-0.39, 0.29) is 12.2 Å². The Morgan fingerprint density at radius 1 is 1.25 bits per heavy atom. The summed E-state index contributed by atoms with van der Waals surface area (Å²) in [4.78, 5) is 15.4. The zero-order chi connectivity index (χ0) is 15.1. The van der Waals surface area contributed by atoms with E-state index >= 15 is 0 Å². The molecule has 0 saturated carbocycles. The van der Waals surface area contributed by atoms with E-state index in [1.54, 1.807) is 6.07 Å². The molecule has 0 N–H and O–H groups in total. The highest BCUT2D eigenvalue weighted by Crippen LogP contribution is 2.36. The van der Waals surface area contributed by atoms with E-state index in [4.69, 9.17) is 20.9 Å². The topological polar surface area (TPSA) is 48.4 Å². The van der Waals surface area contributed by atoms with Crippen LogP contribution in [0.5, 0.6) is 0 Å². The van der Waals surface area contributed by atoms with Gasteiger partial charge in [0.1, 0.15) is 10.9 Å². The van der Waals surface area contributed by atoms with Gasteiger partial charge in [0.25, 0.3) is 0 Å². The Kier molecular flexibility index (Phi) is 3.97. The maximum atomic E-state index is 11.2. The second kappa shape index (κ2) is 5.13. The van der Waals surface area contributed by atoms with E-state index in [2.05, 4.69) is 4.98 Å². The molecule has 0 bridgehead atoms. The number of pyridine rings is 1. The maximum absolute atomic E-state index is 11.2. The number of rotatable bonds is 3. The van der Waals surface area contributed by atoms with Gasteiger partial charge in [-0.25, -0.2) is 4.98 Å². The molecule has 1 aromatic rings. The molecule has 0 radical (unpaired) electrons. The third-order valence-electron chi connectivity index (χ3n) is 3.82. The van der Waals surface area contributed by atoms with Crippen molar-refractivity contribution in [1.29, 1.82) is 0 Å². The van der Waals surface area contributed by atoms with Crippen LogP contribution in [-0.4, -0.2) is 29.1 Å². The Balaban J connectivity index is 2.30. The fourth-order valence-corrected chi connectivity index (χ4v) is 2.27. The molecule has 0 amide bonds. The highest BCUT2D eigenvalue weighted by Gasteiger charge is 2.51. The fourth-order valence-electron chi connectivity index (χ4n) is 2.03. The van der Waals surface area contributed by atoms with Crippen LogP contribution in [0.25, 0.3) is 0 Å². The van der Waals surface area contributed by atoms with Crippen molar-refractivity contribution in [3.8, 4) is 0 Å². The van der Waals surface area contributed by atoms with Crippen molar-refractivity contribution >= 4 is 30.0 Å². The van der Waals surface area contributed by atoms with Gasteiger partial charge in [-0.15, -0.1) is 0 Å². The Morgan fingerprint density at radius 2 is 1.80 bits per heavy atom. The van der Waals surface area contributed by atoms with Gasteiger partial charge < -0.3 is 9.31 Å². The SMILES string of the molecule is CC(=O)Cc1cc(B2OC(C)(C)C(C)(C)O2)cc(Cl)n1. The van der Waals surface area contributed by atoms with Crippen molar-refractivity contribution in [2.45, 2.75) is 52.2 Å². The molecule has 0 atom stereocenters. The Bertz CT molecular complexity index is 529. The normalized spacial score (nSPS) is 20.2. The summed E-state index contributed by atoms with van der Waals surface area (Å²) in [5.74, 6) is 0.0413. The second-order valence-corrected chi connectivity index (χ2v) is 6.57. The summed E-state index contributed by atoms with van der Waals surface area (Å²) in [7, 11) is -0.494. The van der Waals surface area contributed by atoms with Gasteiger partial charge in [-0.3, -0.25) is 4.79 Å². The molecule has 0 unspecified atom stereocenters. The molecule has 2 heterocycles. The summed E-state index contributed by atoms with van der Waals surface area (Å²) >= 11 is 6.02. The summed E-state index contributed by atoms with van der Waals surface area (Å²) in [5, 5.41) is 0.341. The lowest BCUT2D eigenvalue weighted by molar-refractivity contribution is -0.116. The van der Waals surface area contributed by atoms with Crippen molar-refractivity contribution in [3.05, 3.63) is 23.0 Å². The molecule has 1 saturated heterocycles. The van der Waals surface area contributed by atoms with Gasteiger partial charge in [0.05, 0.1) is 11.2 Å². The average molecular weight is 296 g/mol. The van der Waals surface area contributed by atoms with E-state index < -0.39 is 18.3 Å². The molecule has 1 fully saturated rings. The second-order valence-electron chi connectivity index (χ2n) is 6.18. The van der Waals surface area contributed by atoms with Gasteiger partial charge in [-0.2, -0.15) is 0 Å². The molecule has 1 aliphatic rings. The Labute approximate surface area is 125 Å². The molecule has 0 aromatic carbocycles. The largest absolute Gasteiger partial charge is 0.495 e. The molecule has 1 aromatic heterocycles. The number of hydrogen-bond acceptors (Lipinski definition) is 4. The molecule has 4 nitrogen and oxygen atoms in total. The highest BCUT2D eigenvalue weighted by atomic mass is 35.5. The average Bonchev–Trinajstić information content (AvgIpc) is 2.46. The number of nitrogens with zero attached hydrogens (tertiary/aromatic N) is 1. The van der Waals surface area contributed by atoms with E-state index in [1.807, 2.05) is 33.8 Å². The quantitative estimate of drug-likeness (QED) is 0.633. The smallest absolute Gasteiger partial charge is 0.399 e. The number of aromatic nitrogens is 1. The van der Waals surface area contributed by atoms with Crippen molar-refractivity contribution in [1.82, 2.24) is 4.98 Å². The number of carbonyl (C=O) groups is 1. The molecule has 108 valence electrons. The third-order valence-corrected chi connectivity index (χ3v) is 4.02. The number of hydrogen-bond donors (Lipinski definition) is 0. The Morgan fingerprint density at radius 3 is 2.30 bits per heavy atom. The van der Waals surface area contributed by atoms with Crippen LogP contribution in [0.15, 0.2) is 12.1 Å². The summed E-state index contributed by atoms with van der Waals surface area (Å²) in [6.07, 6.45) is 0.257. The van der Waals surface area contributed by atoms with Gasteiger partial charge in [0.2, 0.25) is 0 Å². The van der Waals surface area contributed by atoms with Crippen molar-refractivity contribution in [2.24, 2.45) is 0 Å². The summed E-state index contributed by atoms with van der Waals surface area (Å²) in [6, 6.07) is 3.53. The standard InChI is InChI=1S/C14H19BClNO3/c1-9(18)6-11-7-10(8-12(16)17-11)15-19-13(2,3)14(4,5)20-15/h7-8H,6H2,1-5H3. The molecule has 1 aliphatic heterocycles. The van der Waals surface area contributed by atoms with Crippen LogP contribution in [0.4, 0.5) is 0 Å². The predicted molar refractivity (Wildman–Crippen MR) is 79.3 cm³/mol. The minimum atomic E-state index is -0.494. The van der Waals surface area contributed by atoms with Crippen LogP contribution in [-0.2, 0) is 20.5 Å². The minimum Gasteiger partial charge on any atom is -0.399 e. The molecular formula is C14H19BClNO3. The third kappa shape index (κ3) is 3.05. The first kappa shape index (κ1) is 15.5. The van der Waals surface area contributed by atoms with E-state index in [0.29, 0.717) is 10.8 Å².